The second-order valence-corrected chi connectivity index (χ2v) is 2.94. The minimum atomic E-state index is -0.854. The van der Waals surface area contributed by atoms with Crippen molar-refractivity contribution in [3.63, 3.8) is 0 Å². The van der Waals surface area contributed by atoms with Gasteiger partial charge in [0.2, 0.25) is 0 Å². The summed E-state index contributed by atoms with van der Waals surface area (Å²) in [6, 6.07) is 2.95. The van der Waals surface area contributed by atoms with Crippen LogP contribution in [0.1, 0.15) is 18.4 Å². The molecular weight excluding hydrogens is 214 g/mol. The van der Waals surface area contributed by atoms with Gasteiger partial charge < -0.3 is 4.29 Å². The predicted molar refractivity (Wildman–Crippen MR) is 46.7 cm³/mol. The fraction of sp³-hybridized carbons (Fsp3) is 0.222. The van der Waals surface area contributed by atoms with E-state index in [2.05, 4.69) is 4.29 Å². The van der Waals surface area contributed by atoms with Gasteiger partial charge in [0.05, 0.1) is 5.92 Å². The van der Waals surface area contributed by atoms with E-state index in [0.29, 0.717) is 6.07 Å². The molecule has 1 rings (SSSR count). The summed E-state index contributed by atoms with van der Waals surface area (Å²) in [7, 11) is 0. The lowest BCUT2D eigenvalue weighted by molar-refractivity contribution is -0.135. The second-order valence-electron chi connectivity index (χ2n) is 2.78. The van der Waals surface area contributed by atoms with Gasteiger partial charge in [0.25, 0.3) is 0 Å². The average molecular weight is 221 g/mol. The van der Waals surface area contributed by atoms with Gasteiger partial charge in [0, 0.05) is 11.6 Å². The standard InChI is InChI=1S/C9H7ClF2O2/c1-5(9(13)14-10)7-3-2-6(11)4-8(7)12/h2-5H,1H3. The summed E-state index contributed by atoms with van der Waals surface area (Å²) in [6.45, 7) is 1.42. The fourth-order valence-corrected chi connectivity index (χ4v) is 1.18. The molecular formula is C9H7ClF2O2. The van der Waals surface area contributed by atoms with E-state index < -0.39 is 23.5 Å². The Labute approximate surface area is 84.6 Å². The molecule has 0 saturated carbocycles. The van der Waals surface area contributed by atoms with Crippen molar-refractivity contribution in [1.29, 1.82) is 0 Å². The molecule has 0 aliphatic rings. The number of hydrogen-bond donors (Lipinski definition) is 0. The van der Waals surface area contributed by atoms with Gasteiger partial charge in [0.15, 0.2) is 0 Å². The molecule has 0 N–H and O–H groups in total. The molecule has 5 heteroatoms. The smallest absolute Gasteiger partial charge is 0.331 e. The van der Waals surface area contributed by atoms with Crippen LogP contribution in [0.5, 0.6) is 0 Å². The van der Waals surface area contributed by atoms with E-state index >= 15 is 0 Å². The quantitative estimate of drug-likeness (QED) is 0.766. The third-order valence-electron chi connectivity index (χ3n) is 1.86. The highest BCUT2D eigenvalue weighted by Crippen LogP contribution is 2.21. The van der Waals surface area contributed by atoms with Crippen molar-refractivity contribution in [2.24, 2.45) is 0 Å². The van der Waals surface area contributed by atoms with Gasteiger partial charge in [-0.1, -0.05) is 6.07 Å². The Bertz CT molecular complexity index is 355. The van der Waals surface area contributed by atoms with Gasteiger partial charge in [-0.05, 0) is 13.0 Å². The molecule has 0 bridgehead atoms. The number of rotatable bonds is 2. The van der Waals surface area contributed by atoms with Crippen LogP contribution in [0.15, 0.2) is 18.2 Å². The first kappa shape index (κ1) is 10.9. The predicted octanol–water partition coefficient (Wildman–Crippen LogP) is 2.77. The van der Waals surface area contributed by atoms with Crippen LogP contribution in [0.3, 0.4) is 0 Å². The lowest BCUT2D eigenvalue weighted by Gasteiger charge is -2.08. The van der Waals surface area contributed by atoms with Gasteiger partial charge in [-0.2, -0.15) is 0 Å². The SMILES string of the molecule is CC(C(=O)OCl)c1ccc(F)cc1F. The number of carbonyl (C=O) groups is 1. The van der Waals surface area contributed by atoms with Crippen molar-refractivity contribution in [2.75, 3.05) is 0 Å². The molecule has 0 aliphatic heterocycles. The van der Waals surface area contributed by atoms with Crippen molar-refractivity contribution in [2.45, 2.75) is 12.8 Å². The van der Waals surface area contributed by atoms with Crippen LogP contribution in [0, 0.1) is 11.6 Å². The van der Waals surface area contributed by atoms with Crippen molar-refractivity contribution in [3.8, 4) is 0 Å². The Morgan fingerprint density at radius 2 is 2.14 bits per heavy atom. The molecule has 0 heterocycles. The maximum absolute atomic E-state index is 13.1. The summed E-state index contributed by atoms with van der Waals surface area (Å²) in [5.41, 5.74) is 0.0528. The first-order valence-corrected chi connectivity index (χ1v) is 4.14. The lowest BCUT2D eigenvalue weighted by Crippen LogP contribution is -2.10. The number of hydrogen-bond acceptors (Lipinski definition) is 2. The highest BCUT2D eigenvalue weighted by atomic mass is 35.5. The average Bonchev–Trinajstić information content (AvgIpc) is 2.15. The Balaban J connectivity index is 3.01. The first-order chi connectivity index (χ1) is 6.56. The van der Waals surface area contributed by atoms with Crippen molar-refractivity contribution in [3.05, 3.63) is 35.4 Å². The molecule has 0 radical (unpaired) electrons. The Hall–Kier alpha value is -1.16. The number of halogens is 3. The first-order valence-electron chi connectivity index (χ1n) is 3.83. The van der Waals surface area contributed by atoms with Crippen LogP contribution in [-0.4, -0.2) is 5.97 Å². The van der Waals surface area contributed by atoms with E-state index in [4.69, 9.17) is 11.9 Å². The van der Waals surface area contributed by atoms with E-state index in [1.165, 1.54) is 13.0 Å². The van der Waals surface area contributed by atoms with Crippen LogP contribution >= 0.6 is 11.9 Å². The van der Waals surface area contributed by atoms with Gasteiger partial charge >= 0.3 is 5.97 Å². The maximum Gasteiger partial charge on any atom is 0.331 e. The van der Waals surface area contributed by atoms with E-state index in [9.17, 15) is 13.6 Å². The van der Waals surface area contributed by atoms with Gasteiger partial charge in [-0.3, -0.25) is 0 Å². The zero-order valence-corrected chi connectivity index (χ0v) is 8.02. The Morgan fingerprint density at radius 3 is 2.64 bits per heavy atom. The Kier molecular flexibility index (Phi) is 3.41. The summed E-state index contributed by atoms with van der Waals surface area (Å²) in [4.78, 5) is 10.9. The van der Waals surface area contributed by atoms with Crippen LogP contribution in [0.2, 0.25) is 0 Å². The molecule has 0 saturated heterocycles. The highest BCUT2D eigenvalue weighted by molar-refractivity contribution is 6.13. The van der Waals surface area contributed by atoms with Crippen molar-refractivity contribution in [1.82, 2.24) is 0 Å². The molecule has 0 fully saturated rings. The molecule has 2 nitrogen and oxygen atoms in total. The van der Waals surface area contributed by atoms with Gasteiger partial charge in [0.1, 0.15) is 23.5 Å². The Morgan fingerprint density at radius 1 is 1.50 bits per heavy atom. The third kappa shape index (κ3) is 2.20. The molecule has 1 aromatic rings. The second kappa shape index (κ2) is 4.37. The zero-order chi connectivity index (χ0) is 10.7. The maximum atomic E-state index is 13.1. The molecule has 0 spiro atoms. The third-order valence-corrected chi connectivity index (χ3v) is 2.01. The summed E-state index contributed by atoms with van der Waals surface area (Å²) >= 11 is 4.83. The number of carbonyl (C=O) groups excluding carboxylic acids is 1. The van der Waals surface area contributed by atoms with Crippen LogP contribution in [0.4, 0.5) is 8.78 Å². The summed E-state index contributed by atoms with van der Waals surface area (Å²) in [5, 5.41) is 0. The zero-order valence-electron chi connectivity index (χ0n) is 7.26. The van der Waals surface area contributed by atoms with E-state index in [-0.39, 0.29) is 5.56 Å². The molecule has 1 atom stereocenters. The fourth-order valence-electron chi connectivity index (χ4n) is 1.05. The lowest BCUT2D eigenvalue weighted by atomic mass is 10.0. The van der Waals surface area contributed by atoms with Crippen molar-refractivity contribution >= 4 is 17.8 Å². The topological polar surface area (TPSA) is 26.3 Å². The number of benzene rings is 1. The summed E-state index contributed by atoms with van der Waals surface area (Å²) in [6.07, 6.45) is 0. The van der Waals surface area contributed by atoms with E-state index in [1.54, 1.807) is 0 Å². The molecule has 0 aliphatic carbocycles. The summed E-state index contributed by atoms with van der Waals surface area (Å²) in [5.74, 6) is -3.12. The molecule has 76 valence electrons. The minimum Gasteiger partial charge on any atom is -0.347 e. The van der Waals surface area contributed by atoms with E-state index in [0.717, 1.165) is 6.07 Å². The largest absolute Gasteiger partial charge is 0.347 e. The highest BCUT2D eigenvalue weighted by Gasteiger charge is 2.20. The van der Waals surface area contributed by atoms with Gasteiger partial charge in [-0.25, -0.2) is 13.6 Å². The molecule has 1 unspecified atom stereocenters. The van der Waals surface area contributed by atoms with Crippen LogP contribution in [0.25, 0.3) is 0 Å². The van der Waals surface area contributed by atoms with Crippen LogP contribution in [-0.2, 0) is 9.08 Å². The van der Waals surface area contributed by atoms with E-state index in [1.807, 2.05) is 0 Å². The normalized spacial score (nSPS) is 12.3. The minimum absolute atomic E-state index is 0.0528. The molecule has 1 aromatic carbocycles. The molecule has 0 aromatic heterocycles. The summed E-state index contributed by atoms with van der Waals surface area (Å²) < 4.78 is 29.5. The molecule has 0 amide bonds. The van der Waals surface area contributed by atoms with Crippen LogP contribution < -0.4 is 0 Å². The monoisotopic (exact) mass is 220 g/mol. The van der Waals surface area contributed by atoms with Gasteiger partial charge in [-0.15, -0.1) is 0 Å². The van der Waals surface area contributed by atoms with Crippen molar-refractivity contribution < 1.29 is 17.9 Å². The molecule has 14 heavy (non-hydrogen) atoms.